The Labute approximate surface area is 140 Å². The Kier molecular flexibility index (Phi) is 3.86. The van der Waals surface area contributed by atoms with Gasteiger partial charge in [-0.1, -0.05) is 13.8 Å². The van der Waals surface area contributed by atoms with Crippen LogP contribution in [-0.4, -0.2) is 29.4 Å². The van der Waals surface area contributed by atoms with E-state index in [4.69, 9.17) is 0 Å². The molecule has 128 valence electrons. The van der Waals surface area contributed by atoms with Gasteiger partial charge < -0.3 is 15.3 Å². The first kappa shape index (κ1) is 16.5. The van der Waals surface area contributed by atoms with Crippen LogP contribution >= 0.6 is 0 Å². The Morgan fingerprint density at radius 3 is 2.58 bits per heavy atom. The quantitative estimate of drug-likeness (QED) is 0.887. The molecule has 1 aliphatic carbocycles. The first-order valence-corrected chi connectivity index (χ1v) is 8.24. The van der Waals surface area contributed by atoms with Crippen LogP contribution in [0.2, 0.25) is 0 Å². The fourth-order valence-corrected chi connectivity index (χ4v) is 3.79. The summed E-state index contributed by atoms with van der Waals surface area (Å²) in [6, 6.07) is 5.49. The topological polar surface area (TPSA) is 86.7 Å². The van der Waals surface area contributed by atoms with Crippen molar-refractivity contribution in [1.29, 1.82) is 0 Å². The van der Waals surface area contributed by atoms with Crippen LogP contribution < -0.4 is 10.2 Å². The number of benzene rings is 1. The van der Waals surface area contributed by atoms with Crippen LogP contribution in [-0.2, 0) is 20.8 Å². The number of carboxylic acid groups (broad SMARTS) is 1. The predicted octanol–water partition coefficient (Wildman–Crippen LogP) is 2.28. The Hall–Kier alpha value is -2.37. The summed E-state index contributed by atoms with van der Waals surface area (Å²) in [6.45, 7) is 6.15. The number of hydrogen-bond acceptors (Lipinski definition) is 3. The summed E-state index contributed by atoms with van der Waals surface area (Å²) in [5.74, 6) is -2.22. The molecular formula is C18H22N2O4. The maximum absolute atomic E-state index is 12.4. The summed E-state index contributed by atoms with van der Waals surface area (Å²) in [5.41, 5.74) is 2.05. The second-order valence-electron chi connectivity index (χ2n) is 7.09. The molecule has 0 unspecified atom stereocenters. The van der Waals surface area contributed by atoms with Crippen molar-refractivity contribution in [3.8, 4) is 0 Å². The van der Waals surface area contributed by atoms with Gasteiger partial charge in [0.15, 0.2) is 0 Å². The van der Waals surface area contributed by atoms with E-state index < -0.39 is 23.2 Å². The van der Waals surface area contributed by atoms with Gasteiger partial charge in [0.05, 0.1) is 11.8 Å². The highest BCUT2D eigenvalue weighted by Crippen LogP contribution is 2.58. The van der Waals surface area contributed by atoms with E-state index in [1.54, 1.807) is 24.8 Å². The molecule has 1 aromatic rings. The number of carbonyl (C=O) groups is 3. The second-order valence-corrected chi connectivity index (χ2v) is 7.09. The van der Waals surface area contributed by atoms with Crippen molar-refractivity contribution >= 4 is 29.2 Å². The van der Waals surface area contributed by atoms with Crippen molar-refractivity contribution in [1.82, 2.24) is 0 Å². The maximum Gasteiger partial charge on any atom is 0.307 e. The average molecular weight is 330 g/mol. The molecule has 0 bridgehead atoms. The molecule has 6 heteroatoms. The molecule has 2 N–H and O–H groups in total. The lowest BCUT2D eigenvalue weighted by Gasteiger charge is -2.28. The molecule has 24 heavy (non-hydrogen) atoms. The van der Waals surface area contributed by atoms with Gasteiger partial charge >= 0.3 is 5.97 Å². The number of amides is 2. The molecule has 1 aromatic carbocycles. The molecule has 1 aliphatic heterocycles. The highest BCUT2D eigenvalue weighted by molar-refractivity contribution is 6.01. The molecule has 0 saturated heterocycles. The molecule has 1 saturated carbocycles. The summed E-state index contributed by atoms with van der Waals surface area (Å²) < 4.78 is 0. The third-order valence-corrected chi connectivity index (χ3v) is 5.24. The monoisotopic (exact) mass is 330 g/mol. The molecule has 2 atom stereocenters. The van der Waals surface area contributed by atoms with Crippen molar-refractivity contribution in [2.24, 2.45) is 17.3 Å². The molecule has 3 rings (SSSR count). The number of hydrogen-bond donors (Lipinski definition) is 2. The van der Waals surface area contributed by atoms with E-state index in [2.05, 4.69) is 5.32 Å². The molecule has 2 amide bonds. The average Bonchev–Trinajstić information content (AvgIpc) is 3.10. The maximum atomic E-state index is 12.4. The number of nitrogens with zero attached hydrogens (tertiary/aromatic N) is 1. The van der Waals surface area contributed by atoms with Gasteiger partial charge in [-0.3, -0.25) is 14.4 Å². The molecule has 1 fully saturated rings. The van der Waals surface area contributed by atoms with Crippen molar-refractivity contribution in [2.45, 2.75) is 33.6 Å². The second kappa shape index (κ2) is 5.61. The van der Waals surface area contributed by atoms with Crippen LogP contribution in [0.5, 0.6) is 0 Å². The standard InChI is InChI=1S/C18H22N2O4/c1-4-20-12-7-6-11(9-10(12)5-8-13(20)21)19-16(22)14-15(17(23)24)18(14,2)3/h6-7,9,14-15H,4-5,8H2,1-3H3,(H,19,22)(H,23,24)/t14-,15+/m0/s1. The molecule has 1 heterocycles. The fraction of sp³-hybridized carbons (Fsp3) is 0.500. The van der Waals surface area contributed by atoms with E-state index in [9.17, 15) is 19.5 Å². The highest BCUT2D eigenvalue weighted by atomic mass is 16.4. The van der Waals surface area contributed by atoms with Gasteiger partial charge in [0.25, 0.3) is 0 Å². The first-order chi connectivity index (χ1) is 11.3. The van der Waals surface area contributed by atoms with Gasteiger partial charge in [-0.15, -0.1) is 0 Å². The number of nitrogens with one attached hydrogen (secondary N) is 1. The smallest absolute Gasteiger partial charge is 0.307 e. The van der Waals surface area contributed by atoms with Crippen molar-refractivity contribution < 1.29 is 19.5 Å². The fourth-order valence-electron chi connectivity index (χ4n) is 3.79. The van der Waals surface area contributed by atoms with E-state index in [-0.39, 0.29) is 11.8 Å². The first-order valence-electron chi connectivity index (χ1n) is 8.24. The zero-order valence-corrected chi connectivity index (χ0v) is 14.1. The normalized spacial score (nSPS) is 24.3. The largest absolute Gasteiger partial charge is 0.481 e. The minimum absolute atomic E-state index is 0.116. The van der Waals surface area contributed by atoms with Gasteiger partial charge in [-0.2, -0.15) is 0 Å². The minimum atomic E-state index is -0.928. The highest BCUT2D eigenvalue weighted by Gasteiger charge is 2.65. The van der Waals surface area contributed by atoms with E-state index in [1.165, 1.54) is 0 Å². The van der Waals surface area contributed by atoms with Crippen LogP contribution in [0, 0.1) is 17.3 Å². The van der Waals surface area contributed by atoms with Gasteiger partial charge in [-0.05, 0) is 42.5 Å². The SMILES string of the molecule is CCN1C(=O)CCc2cc(NC(=O)[C@@H]3[C@H](C(=O)O)C3(C)C)ccc21. The van der Waals surface area contributed by atoms with Crippen LogP contribution in [0.15, 0.2) is 18.2 Å². The Morgan fingerprint density at radius 1 is 1.29 bits per heavy atom. The predicted molar refractivity (Wildman–Crippen MR) is 89.8 cm³/mol. The summed E-state index contributed by atoms with van der Waals surface area (Å²) in [7, 11) is 0. The third kappa shape index (κ3) is 2.56. The number of carboxylic acids is 1. The number of carbonyl (C=O) groups excluding carboxylic acids is 2. The summed E-state index contributed by atoms with van der Waals surface area (Å²) in [6.07, 6.45) is 1.12. The number of rotatable bonds is 4. The van der Waals surface area contributed by atoms with Crippen molar-refractivity contribution in [3.05, 3.63) is 23.8 Å². The molecular weight excluding hydrogens is 308 g/mol. The molecule has 0 radical (unpaired) electrons. The number of aliphatic carboxylic acids is 1. The number of fused-ring (bicyclic) bond motifs is 1. The van der Waals surface area contributed by atoms with E-state index in [1.807, 2.05) is 19.1 Å². The summed E-state index contributed by atoms with van der Waals surface area (Å²) in [5, 5.41) is 12.0. The van der Waals surface area contributed by atoms with Crippen LogP contribution in [0.4, 0.5) is 11.4 Å². The van der Waals surface area contributed by atoms with E-state index >= 15 is 0 Å². The van der Waals surface area contributed by atoms with Crippen molar-refractivity contribution in [2.75, 3.05) is 16.8 Å². The molecule has 6 nitrogen and oxygen atoms in total. The Balaban J connectivity index is 1.77. The number of anilines is 2. The van der Waals surface area contributed by atoms with Crippen LogP contribution in [0.25, 0.3) is 0 Å². The lowest BCUT2D eigenvalue weighted by Crippen LogP contribution is -2.34. The number of aryl methyl sites for hydroxylation is 1. The molecule has 0 spiro atoms. The Morgan fingerprint density at radius 2 is 2.00 bits per heavy atom. The Bertz CT molecular complexity index is 726. The van der Waals surface area contributed by atoms with E-state index in [0.29, 0.717) is 25.1 Å². The van der Waals surface area contributed by atoms with Crippen LogP contribution in [0.3, 0.4) is 0 Å². The summed E-state index contributed by atoms with van der Waals surface area (Å²) >= 11 is 0. The van der Waals surface area contributed by atoms with Crippen LogP contribution in [0.1, 0.15) is 32.8 Å². The summed E-state index contributed by atoms with van der Waals surface area (Å²) in [4.78, 5) is 37.3. The zero-order chi connectivity index (χ0) is 17.6. The van der Waals surface area contributed by atoms with Gasteiger partial charge in [0, 0.05) is 24.3 Å². The van der Waals surface area contributed by atoms with Gasteiger partial charge in [0.2, 0.25) is 11.8 Å². The lowest BCUT2D eigenvalue weighted by atomic mass is 10.0. The minimum Gasteiger partial charge on any atom is -0.481 e. The van der Waals surface area contributed by atoms with Gasteiger partial charge in [0.1, 0.15) is 0 Å². The van der Waals surface area contributed by atoms with E-state index in [0.717, 1.165) is 11.3 Å². The third-order valence-electron chi connectivity index (χ3n) is 5.24. The zero-order valence-electron chi connectivity index (χ0n) is 14.1. The molecule has 0 aromatic heterocycles. The van der Waals surface area contributed by atoms with Gasteiger partial charge in [-0.25, -0.2) is 0 Å². The molecule has 2 aliphatic rings. The van der Waals surface area contributed by atoms with Crippen molar-refractivity contribution in [3.63, 3.8) is 0 Å². The lowest BCUT2D eigenvalue weighted by molar-refractivity contribution is -0.140.